The maximum absolute atomic E-state index is 11.1. The third kappa shape index (κ3) is 2.66. The summed E-state index contributed by atoms with van der Waals surface area (Å²) in [5, 5.41) is 8.74. The number of H-pyrrole nitrogens is 2. The molecular weight excluding hydrogens is 220 g/mol. The van der Waals surface area contributed by atoms with Crippen LogP contribution in [0.25, 0.3) is 0 Å². The summed E-state index contributed by atoms with van der Waals surface area (Å²) in [4.78, 5) is 26.7. The second kappa shape index (κ2) is 4.45. The van der Waals surface area contributed by atoms with Gasteiger partial charge in [-0.25, -0.2) is 4.79 Å². The van der Waals surface area contributed by atoms with E-state index in [-0.39, 0.29) is 0 Å². The largest absolute Gasteiger partial charge is 0.326 e. The van der Waals surface area contributed by atoms with Crippen LogP contribution in [-0.2, 0) is 6.54 Å². The molecule has 0 aliphatic carbocycles. The fourth-order valence-corrected chi connectivity index (χ4v) is 1.49. The minimum Gasteiger partial charge on any atom is -0.305 e. The number of nitriles is 1. The lowest BCUT2D eigenvalue weighted by Gasteiger charge is -1.96. The Bertz CT molecular complexity index is 665. The molecule has 2 aromatic rings. The monoisotopic (exact) mass is 229 g/mol. The van der Waals surface area contributed by atoms with E-state index in [9.17, 15) is 9.59 Å². The lowest BCUT2D eigenvalue weighted by molar-refractivity contribution is -0.689. The molecule has 6 nitrogen and oxygen atoms in total. The number of rotatable bonds is 2. The molecule has 0 aromatic carbocycles. The van der Waals surface area contributed by atoms with E-state index in [4.69, 9.17) is 5.26 Å². The molecule has 84 valence electrons. The zero-order chi connectivity index (χ0) is 12.3. The summed E-state index contributed by atoms with van der Waals surface area (Å²) in [7, 11) is 0. The number of nitrogens with zero attached hydrogens (tertiary/aromatic N) is 2. The van der Waals surface area contributed by atoms with Gasteiger partial charge in [0.05, 0.1) is 5.69 Å². The van der Waals surface area contributed by atoms with Crippen LogP contribution < -0.4 is 15.8 Å². The van der Waals surface area contributed by atoms with Crippen LogP contribution in [0.1, 0.15) is 11.3 Å². The molecule has 6 heteroatoms. The van der Waals surface area contributed by atoms with Gasteiger partial charge in [-0.3, -0.25) is 9.78 Å². The quantitative estimate of drug-likeness (QED) is 0.665. The molecule has 0 amide bonds. The molecule has 17 heavy (non-hydrogen) atoms. The smallest absolute Gasteiger partial charge is 0.305 e. The van der Waals surface area contributed by atoms with Gasteiger partial charge >= 0.3 is 5.69 Å². The second-order valence-corrected chi connectivity index (χ2v) is 3.49. The highest BCUT2D eigenvalue weighted by atomic mass is 16.2. The van der Waals surface area contributed by atoms with Gasteiger partial charge in [0, 0.05) is 12.1 Å². The topological polar surface area (TPSA) is 93.4 Å². The summed E-state index contributed by atoms with van der Waals surface area (Å²) in [5.74, 6) is 0. The van der Waals surface area contributed by atoms with E-state index in [0.717, 1.165) is 0 Å². The van der Waals surface area contributed by atoms with Gasteiger partial charge in [-0.2, -0.15) is 9.83 Å². The Morgan fingerprint density at radius 3 is 2.88 bits per heavy atom. The molecule has 0 aliphatic rings. The number of hydrogen-bond acceptors (Lipinski definition) is 3. The molecular formula is C11H9N4O2+. The summed E-state index contributed by atoms with van der Waals surface area (Å²) < 4.78 is 1.71. The molecule has 0 radical (unpaired) electrons. The highest BCUT2D eigenvalue weighted by molar-refractivity contribution is 5.21. The van der Waals surface area contributed by atoms with Crippen LogP contribution in [0.15, 0.2) is 40.2 Å². The molecule has 2 aromatic heterocycles. The van der Waals surface area contributed by atoms with Crippen molar-refractivity contribution in [3.63, 3.8) is 0 Å². The molecule has 2 heterocycles. The van der Waals surface area contributed by atoms with Gasteiger partial charge in [-0.15, -0.1) is 0 Å². The summed E-state index contributed by atoms with van der Waals surface area (Å²) in [5.41, 5.74) is 0.0175. The lowest BCUT2D eigenvalue weighted by atomic mass is 10.3. The van der Waals surface area contributed by atoms with Crippen molar-refractivity contribution < 1.29 is 4.57 Å². The Morgan fingerprint density at radius 1 is 1.35 bits per heavy atom. The van der Waals surface area contributed by atoms with Crippen molar-refractivity contribution in [2.24, 2.45) is 0 Å². The van der Waals surface area contributed by atoms with Crippen molar-refractivity contribution in [2.45, 2.75) is 6.54 Å². The van der Waals surface area contributed by atoms with Crippen LogP contribution in [0.3, 0.4) is 0 Å². The molecule has 2 rings (SSSR count). The third-order valence-corrected chi connectivity index (χ3v) is 2.16. The van der Waals surface area contributed by atoms with Crippen molar-refractivity contribution in [3.05, 3.63) is 62.7 Å². The number of hydrogen-bond donors (Lipinski definition) is 2. The fraction of sp³-hybridized carbons (Fsp3) is 0.0909. The molecule has 2 N–H and O–H groups in total. The Hall–Kier alpha value is -2.68. The Kier molecular flexibility index (Phi) is 2.83. The van der Waals surface area contributed by atoms with E-state index >= 15 is 0 Å². The van der Waals surface area contributed by atoms with Crippen LogP contribution in [-0.4, -0.2) is 9.97 Å². The van der Waals surface area contributed by atoms with Crippen LogP contribution in [0.5, 0.6) is 0 Å². The second-order valence-electron chi connectivity index (χ2n) is 3.49. The van der Waals surface area contributed by atoms with Gasteiger partial charge in [0.2, 0.25) is 0 Å². The zero-order valence-electron chi connectivity index (χ0n) is 8.80. The van der Waals surface area contributed by atoms with E-state index in [2.05, 4.69) is 9.97 Å². The Balaban J connectivity index is 2.35. The molecule has 0 atom stereocenters. The van der Waals surface area contributed by atoms with E-state index in [0.29, 0.717) is 17.8 Å². The molecule has 0 saturated carbocycles. The predicted octanol–water partition coefficient (Wildman–Crippen LogP) is -0.729. The van der Waals surface area contributed by atoms with Crippen molar-refractivity contribution in [3.8, 4) is 6.07 Å². The van der Waals surface area contributed by atoms with Gasteiger partial charge in [0.15, 0.2) is 18.9 Å². The summed E-state index contributed by atoms with van der Waals surface area (Å²) in [6, 6.07) is 6.73. The van der Waals surface area contributed by atoms with Crippen LogP contribution in [0, 0.1) is 11.3 Å². The normalized spacial score (nSPS) is 9.82. The average Bonchev–Trinajstić information content (AvgIpc) is 2.28. The highest BCUT2D eigenvalue weighted by Gasteiger charge is 2.05. The molecule has 0 unspecified atom stereocenters. The minimum atomic E-state index is -0.537. The number of aromatic nitrogens is 3. The summed E-state index contributed by atoms with van der Waals surface area (Å²) in [6.45, 7) is 0.328. The Labute approximate surface area is 95.8 Å². The average molecular weight is 229 g/mol. The third-order valence-electron chi connectivity index (χ3n) is 2.16. The molecule has 0 bridgehead atoms. The molecule has 0 fully saturated rings. The van der Waals surface area contributed by atoms with Gasteiger partial charge in [0.25, 0.3) is 5.56 Å². The van der Waals surface area contributed by atoms with E-state index in [1.807, 2.05) is 6.07 Å². The van der Waals surface area contributed by atoms with E-state index in [1.165, 1.54) is 6.07 Å². The standard InChI is InChI=1S/C11H8N4O2/c12-5-8-2-1-3-15(6-8)7-9-4-10(16)14-11(17)13-9/h1-4,6H,7H2,(H-,13,14,16,17)/p+1. The first-order valence-corrected chi connectivity index (χ1v) is 4.89. The van der Waals surface area contributed by atoms with Crippen molar-refractivity contribution >= 4 is 0 Å². The highest BCUT2D eigenvalue weighted by Crippen LogP contribution is 1.92. The van der Waals surface area contributed by atoms with Crippen LogP contribution >= 0.6 is 0 Å². The number of pyridine rings is 1. The first-order chi connectivity index (χ1) is 8.17. The minimum absolute atomic E-state index is 0.328. The first-order valence-electron chi connectivity index (χ1n) is 4.89. The lowest BCUT2D eigenvalue weighted by Crippen LogP contribution is -2.36. The summed E-state index contributed by atoms with van der Waals surface area (Å²) in [6.07, 6.45) is 3.39. The first kappa shape index (κ1) is 10.8. The fourth-order valence-electron chi connectivity index (χ4n) is 1.49. The van der Waals surface area contributed by atoms with Crippen molar-refractivity contribution in [2.75, 3.05) is 0 Å². The van der Waals surface area contributed by atoms with E-state index < -0.39 is 11.2 Å². The molecule has 0 saturated heterocycles. The number of nitrogens with one attached hydrogen (secondary N) is 2. The van der Waals surface area contributed by atoms with Gasteiger partial charge in [0.1, 0.15) is 11.6 Å². The van der Waals surface area contributed by atoms with Crippen LogP contribution in [0.4, 0.5) is 0 Å². The van der Waals surface area contributed by atoms with Gasteiger partial charge < -0.3 is 4.98 Å². The predicted molar refractivity (Wildman–Crippen MR) is 58.1 cm³/mol. The summed E-state index contributed by atoms with van der Waals surface area (Å²) >= 11 is 0. The van der Waals surface area contributed by atoms with Gasteiger partial charge in [-0.05, 0) is 6.07 Å². The Morgan fingerprint density at radius 2 is 2.18 bits per heavy atom. The molecule has 0 spiro atoms. The maximum atomic E-state index is 11.1. The SMILES string of the molecule is N#Cc1ccc[n+](Cc2cc(=O)[nH]c(=O)[nH]2)c1. The zero-order valence-corrected chi connectivity index (χ0v) is 8.80. The maximum Gasteiger partial charge on any atom is 0.326 e. The molecule has 0 aliphatic heterocycles. The van der Waals surface area contributed by atoms with Crippen LogP contribution in [0.2, 0.25) is 0 Å². The van der Waals surface area contributed by atoms with E-state index in [1.54, 1.807) is 29.1 Å². The van der Waals surface area contributed by atoms with Crippen molar-refractivity contribution in [1.29, 1.82) is 5.26 Å². The van der Waals surface area contributed by atoms with Crippen molar-refractivity contribution in [1.82, 2.24) is 9.97 Å². The van der Waals surface area contributed by atoms with Gasteiger partial charge in [-0.1, -0.05) is 0 Å². The number of aromatic amines is 2.